The van der Waals surface area contributed by atoms with Gasteiger partial charge < -0.3 is 14.2 Å². The van der Waals surface area contributed by atoms with Crippen LogP contribution in [0.4, 0.5) is 0 Å². The van der Waals surface area contributed by atoms with E-state index in [2.05, 4.69) is 16.0 Å². The second kappa shape index (κ2) is 8.68. The van der Waals surface area contributed by atoms with Crippen molar-refractivity contribution < 1.29 is 14.2 Å². The van der Waals surface area contributed by atoms with E-state index in [1.54, 1.807) is 7.11 Å². The van der Waals surface area contributed by atoms with Crippen molar-refractivity contribution >= 4 is 17.2 Å². The summed E-state index contributed by atoms with van der Waals surface area (Å²) in [7, 11) is 1.59. The number of hydrogen-bond acceptors (Lipinski definition) is 6. The molecule has 3 aromatic rings. The first kappa shape index (κ1) is 18.9. The van der Waals surface area contributed by atoms with Crippen molar-refractivity contribution in [2.24, 2.45) is 0 Å². The molecule has 0 amide bonds. The summed E-state index contributed by atoms with van der Waals surface area (Å²) >= 11 is 6.39. The number of H-pyrrole nitrogens is 1. The molecular formula is C18H17ClN4O4. The number of nitriles is 1. The number of halogens is 1. The van der Waals surface area contributed by atoms with Crippen LogP contribution in [0, 0.1) is 11.3 Å². The Morgan fingerprint density at radius 1 is 1.22 bits per heavy atom. The van der Waals surface area contributed by atoms with Gasteiger partial charge in [0.15, 0.2) is 5.65 Å². The van der Waals surface area contributed by atoms with E-state index in [4.69, 9.17) is 25.8 Å². The highest BCUT2D eigenvalue weighted by molar-refractivity contribution is 6.33. The molecule has 1 aromatic carbocycles. The maximum Gasteiger partial charge on any atom is 0.336 e. The number of nitrogens with one attached hydrogen (secondary N) is 1. The standard InChI is InChI=1S/C18H17ClN4O4/c1-25-7-8-26-9-10-27-17-21-16-13(11-20)14(12-5-3-2-4-6-12)15(19)23(16)18(24)22-17/h2-6H,7-10H2,1H3,(H,21,22,24). The predicted octanol–water partition coefficient (Wildman–Crippen LogP) is 2.26. The van der Waals surface area contributed by atoms with Crippen molar-refractivity contribution in [2.75, 3.05) is 33.5 Å². The van der Waals surface area contributed by atoms with Crippen molar-refractivity contribution in [1.82, 2.24) is 14.4 Å². The maximum atomic E-state index is 12.5. The number of methoxy groups -OCH3 is 1. The molecule has 8 nitrogen and oxygen atoms in total. The smallest absolute Gasteiger partial charge is 0.336 e. The number of aromatic nitrogens is 3. The summed E-state index contributed by atoms with van der Waals surface area (Å²) in [4.78, 5) is 19.2. The Labute approximate surface area is 159 Å². The molecule has 0 aliphatic rings. The van der Waals surface area contributed by atoms with Gasteiger partial charge in [0.25, 0.3) is 6.01 Å². The molecule has 27 heavy (non-hydrogen) atoms. The van der Waals surface area contributed by atoms with Crippen LogP contribution in [0.25, 0.3) is 16.8 Å². The van der Waals surface area contributed by atoms with Gasteiger partial charge in [-0.15, -0.1) is 0 Å². The van der Waals surface area contributed by atoms with Crippen LogP contribution >= 0.6 is 11.6 Å². The quantitative estimate of drug-likeness (QED) is 0.594. The Morgan fingerprint density at radius 3 is 2.67 bits per heavy atom. The fraction of sp³-hybridized carbons (Fsp3) is 0.278. The summed E-state index contributed by atoms with van der Waals surface area (Å²) < 4.78 is 16.8. The average molecular weight is 389 g/mol. The molecule has 3 rings (SSSR count). The van der Waals surface area contributed by atoms with E-state index in [0.717, 1.165) is 9.96 Å². The monoisotopic (exact) mass is 388 g/mol. The minimum Gasteiger partial charge on any atom is -0.462 e. The normalized spacial score (nSPS) is 10.9. The topological polar surface area (TPSA) is 102 Å². The molecule has 0 radical (unpaired) electrons. The van der Waals surface area contributed by atoms with Gasteiger partial charge in [-0.1, -0.05) is 41.9 Å². The summed E-state index contributed by atoms with van der Waals surface area (Å²) in [6, 6.07) is 11.2. The number of hydrogen-bond donors (Lipinski definition) is 1. The Morgan fingerprint density at radius 2 is 1.96 bits per heavy atom. The van der Waals surface area contributed by atoms with Gasteiger partial charge in [0.1, 0.15) is 23.4 Å². The number of aromatic amines is 1. The van der Waals surface area contributed by atoms with Gasteiger partial charge in [-0.25, -0.2) is 9.20 Å². The lowest BCUT2D eigenvalue weighted by molar-refractivity contribution is 0.0528. The predicted molar refractivity (Wildman–Crippen MR) is 99.2 cm³/mol. The minimum absolute atomic E-state index is 0.00637. The first-order chi connectivity index (χ1) is 13.2. The molecule has 0 saturated heterocycles. The summed E-state index contributed by atoms with van der Waals surface area (Å²) in [6.07, 6.45) is 0. The molecule has 0 spiro atoms. The van der Waals surface area contributed by atoms with Crippen LogP contribution < -0.4 is 10.4 Å². The lowest BCUT2D eigenvalue weighted by atomic mass is 10.1. The molecule has 0 bridgehead atoms. The third-order valence-electron chi connectivity index (χ3n) is 3.78. The SMILES string of the molecule is COCCOCCOc1nc2c(C#N)c(-c3ccccc3)c(Cl)n2c(=O)[nH]1. The van der Waals surface area contributed by atoms with E-state index in [9.17, 15) is 10.1 Å². The molecule has 0 saturated carbocycles. The summed E-state index contributed by atoms with van der Waals surface area (Å²) in [5.74, 6) is 0. The first-order valence-corrected chi connectivity index (χ1v) is 8.54. The third kappa shape index (κ3) is 3.95. The zero-order valence-electron chi connectivity index (χ0n) is 14.6. The van der Waals surface area contributed by atoms with E-state index in [-0.39, 0.29) is 29.0 Å². The summed E-state index contributed by atoms with van der Waals surface area (Å²) in [5.41, 5.74) is 0.980. The van der Waals surface area contributed by atoms with Crippen LogP contribution in [0.1, 0.15) is 5.56 Å². The molecule has 0 atom stereocenters. The molecule has 140 valence electrons. The zero-order valence-corrected chi connectivity index (χ0v) is 15.3. The van der Waals surface area contributed by atoms with Gasteiger partial charge >= 0.3 is 5.69 Å². The summed E-state index contributed by atoms with van der Waals surface area (Å²) in [6.45, 7) is 1.42. The lowest BCUT2D eigenvalue weighted by Crippen LogP contribution is -2.20. The van der Waals surface area contributed by atoms with Crippen molar-refractivity contribution in [2.45, 2.75) is 0 Å². The molecule has 2 heterocycles. The highest BCUT2D eigenvalue weighted by atomic mass is 35.5. The Hall–Kier alpha value is -2.86. The van der Waals surface area contributed by atoms with Crippen LogP contribution in [0.5, 0.6) is 6.01 Å². The Kier molecular flexibility index (Phi) is 6.08. The molecule has 9 heteroatoms. The van der Waals surface area contributed by atoms with Gasteiger partial charge in [-0.2, -0.15) is 10.2 Å². The number of ether oxygens (including phenoxy) is 3. The van der Waals surface area contributed by atoms with Gasteiger partial charge in [-0.05, 0) is 5.56 Å². The van der Waals surface area contributed by atoms with Gasteiger partial charge in [0.2, 0.25) is 0 Å². The van der Waals surface area contributed by atoms with Gasteiger partial charge in [-0.3, -0.25) is 4.98 Å². The van der Waals surface area contributed by atoms with E-state index in [0.29, 0.717) is 25.4 Å². The zero-order chi connectivity index (χ0) is 19.2. The van der Waals surface area contributed by atoms with Crippen LogP contribution in [0.15, 0.2) is 35.1 Å². The molecule has 0 unspecified atom stereocenters. The van der Waals surface area contributed by atoms with Gasteiger partial charge in [0.05, 0.1) is 19.8 Å². The number of rotatable bonds is 8. The highest BCUT2D eigenvalue weighted by Gasteiger charge is 2.22. The van der Waals surface area contributed by atoms with E-state index in [1.807, 2.05) is 30.3 Å². The fourth-order valence-electron chi connectivity index (χ4n) is 2.58. The minimum atomic E-state index is -0.543. The van der Waals surface area contributed by atoms with Crippen molar-refractivity contribution in [3.05, 3.63) is 51.5 Å². The highest BCUT2D eigenvalue weighted by Crippen LogP contribution is 2.34. The second-order valence-corrected chi connectivity index (χ2v) is 5.84. The fourth-order valence-corrected chi connectivity index (χ4v) is 2.94. The molecule has 0 aliphatic heterocycles. The number of benzene rings is 1. The van der Waals surface area contributed by atoms with Crippen LogP contribution in [0.2, 0.25) is 5.15 Å². The van der Waals surface area contributed by atoms with E-state index < -0.39 is 5.69 Å². The molecule has 0 fully saturated rings. The largest absolute Gasteiger partial charge is 0.462 e. The Balaban J connectivity index is 1.93. The molecular weight excluding hydrogens is 372 g/mol. The Bertz CT molecular complexity index is 1020. The first-order valence-electron chi connectivity index (χ1n) is 8.16. The average Bonchev–Trinajstić information content (AvgIpc) is 2.97. The van der Waals surface area contributed by atoms with E-state index in [1.165, 1.54) is 0 Å². The van der Waals surface area contributed by atoms with Crippen molar-refractivity contribution in [3.63, 3.8) is 0 Å². The number of nitrogens with zero attached hydrogens (tertiary/aromatic N) is 3. The van der Waals surface area contributed by atoms with Crippen LogP contribution in [-0.2, 0) is 9.47 Å². The van der Waals surface area contributed by atoms with Gasteiger partial charge in [0, 0.05) is 12.7 Å². The number of fused-ring (bicyclic) bond motifs is 1. The molecule has 2 aromatic heterocycles. The second-order valence-electron chi connectivity index (χ2n) is 5.48. The van der Waals surface area contributed by atoms with Crippen molar-refractivity contribution in [3.8, 4) is 23.2 Å². The molecule has 1 N–H and O–H groups in total. The lowest BCUT2D eigenvalue weighted by Gasteiger charge is -2.06. The van der Waals surface area contributed by atoms with E-state index >= 15 is 0 Å². The van der Waals surface area contributed by atoms with Crippen molar-refractivity contribution in [1.29, 1.82) is 5.26 Å². The molecule has 0 aliphatic carbocycles. The van der Waals surface area contributed by atoms with Crippen LogP contribution in [-0.4, -0.2) is 47.9 Å². The maximum absolute atomic E-state index is 12.5. The van der Waals surface area contributed by atoms with Crippen LogP contribution in [0.3, 0.4) is 0 Å². The third-order valence-corrected chi connectivity index (χ3v) is 4.14. The summed E-state index contributed by atoms with van der Waals surface area (Å²) in [5, 5.41) is 9.74.